The standard InChI is InChI=1S/C8H6ClN3O2/c1-3-2-4(9)10-6-5(3)7(13)12-8(14)11-6/h2H,1H3,(H2,10,11,12,13,14). The van der Waals surface area contributed by atoms with Crippen molar-refractivity contribution >= 4 is 22.6 Å². The van der Waals surface area contributed by atoms with Crippen LogP contribution in [0.15, 0.2) is 15.7 Å². The molecule has 0 radical (unpaired) electrons. The van der Waals surface area contributed by atoms with Crippen molar-refractivity contribution in [3.63, 3.8) is 0 Å². The van der Waals surface area contributed by atoms with Crippen LogP contribution in [0.4, 0.5) is 0 Å². The van der Waals surface area contributed by atoms with Gasteiger partial charge in [0, 0.05) is 0 Å². The summed E-state index contributed by atoms with van der Waals surface area (Å²) in [5.74, 6) is 0. The van der Waals surface area contributed by atoms with Gasteiger partial charge in [-0.2, -0.15) is 0 Å². The van der Waals surface area contributed by atoms with E-state index < -0.39 is 11.2 Å². The fourth-order valence-corrected chi connectivity index (χ4v) is 1.56. The maximum Gasteiger partial charge on any atom is 0.327 e. The highest BCUT2D eigenvalue weighted by Crippen LogP contribution is 2.13. The van der Waals surface area contributed by atoms with Gasteiger partial charge in [0.05, 0.1) is 5.39 Å². The summed E-state index contributed by atoms with van der Waals surface area (Å²) in [5.41, 5.74) is -0.150. The smallest absolute Gasteiger partial charge is 0.291 e. The molecule has 72 valence electrons. The Morgan fingerprint density at radius 2 is 2.07 bits per heavy atom. The Labute approximate surface area is 82.8 Å². The van der Waals surface area contributed by atoms with Crippen LogP contribution in [0.1, 0.15) is 5.56 Å². The topological polar surface area (TPSA) is 78.6 Å². The van der Waals surface area contributed by atoms with E-state index in [4.69, 9.17) is 11.6 Å². The molecule has 0 aliphatic heterocycles. The summed E-state index contributed by atoms with van der Waals surface area (Å²) in [5, 5.41) is 0.602. The zero-order chi connectivity index (χ0) is 10.3. The van der Waals surface area contributed by atoms with E-state index in [2.05, 4.69) is 15.0 Å². The van der Waals surface area contributed by atoms with Gasteiger partial charge in [0.1, 0.15) is 10.8 Å². The van der Waals surface area contributed by atoms with Crippen molar-refractivity contribution in [3.05, 3.63) is 37.6 Å². The molecule has 5 nitrogen and oxygen atoms in total. The third-order valence-corrected chi connectivity index (χ3v) is 2.07. The second kappa shape index (κ2) is 2.95. The summed E-state index contributed by atoms with van der Waals surface area (Å²) < 4.78 is 0. The molecule has 0 aliphatic rings. The molecule has 0 fully saturated rings. The Bertz CT molecular complexity index is 614. The highest BCUT2D eigenvalue weighted by Gasteiger charge is 2.06. The first-order valence-electron chi connectivity index (χ1n) is 3.87. The highest BCUT2D eigenvalue weighted by atomic mass is 35.5. The Hall–Kier alpha value is -1.62. The van der Waals surface area contributed by atoms with E-state index in [-0.39, 0.29) is 10.8 Å². The minimum absolute atomic E-state index is 0.212. The number of nitrogens with one attached hydrogen (secondary N) is 2. The minimum Gasteiger partial charge on any atom is -0.291 e. The van der Waals surface area contributed by atoms with Crippen molar-refractivity contribution in [2.45, 2.75) is 6.92 Å². The molecule has 2 aromatic rings. The maximum absolute atomic E-state index is 11.4. The lowest BCUT2D eigenvalue weighted by Gasteiger charge is -1.99. The van der Waals surface area contributed by atoms with Crippen molar-refractivity contribution in [3.8, 4) is 0 Å². The van der Waals surface area contributed by atoms with Gasteiger partial charge in [-0.05, 0) is 18.6 Å². The number of fused-ring (bicyclic) bond motifs is 1. The quantitative estimate of drug-likeness (QED) is 0.626. The summed E-state index contributed by atoms with van der Waals surface area (Å²) in [6.45, 7) is 1.73. The molecule has 14 heavy (non-hydrogen) atoms. The number of hydrogen-bond donors (Lipinski definition) is 2. The first-order valence-corrected chi connectivity index (χ1v) is 4.25. The highest BCUT2D eigenvalue weighted by molar-refractivity contribution is 6.29. The molecule has 2 heterocycles. The predicted octanol–water partition coefficient (Wildman–Crippen LogP) is 0.573. The average Bonchev–Trinajstić information content (AvgIpc) is 1.99. The minimum atomic E-state index is -0.586. The van der Waals surface area contributed by atoms with E-state index in [1.807, 2.05) is 0 Å². The second-order valence-corrected chi connectivity index (χ2v) is 3.28. The fraction of sp³-hybridized carbons (Fsp3) is 0.125. The lowest BCUT2D eigenvalue weighted by molar-refractivity contribution is 1.06. The third kappa shape index (κ3) is 1.31. The van der Waals surface area contributed by atoms with Crippen LogP contribution in [0.25, 0.3) is 11.0 Å². The van der Waals surface area contributed by atoms with Gasteiger partial charge in [-0.25, -0.2) is 9.78 Å². The van der Waals surface area contributed by atoms with Crippen LogP contribution in [-0.4, -0.2) is 15.0 Å². The second-order valence-electron chi connectivity index (χ2n) is 2.89. The number of pyridine rings is 1. The molecule has 0 unspecified atom stereocenters. The Morgan fingerprint density at radius 3 is 2.79 bits per heavy atom. The molecule has 0 bridgehead atoms. The molecule has 0 aromatic carbocycles. The average molecular weight is 212 g/mol. The molecule has 0 saturated carbocycles. The van der Waals surface area contributed by atoms with Gasteiger partial charge in [0.15, 0.2) is 0 Å². The maximum atomic E-state index is 11.4. The molecule has 6 heteroatoms. The van der Waals surface area contributed by atoms with Crippen molar-refractivity contribution in [1.29, 1.82) is 0 Å². The Kier molecular flexibility index (Phi) is 1.89. The van der Waals surface area contributed by atoms with E-state index >= 15 is 0 Å². The molecular weight excluding hydrogens is 206 g/mol. The van der Waals surface area contributed by atoms with E-state index in [9.17, 15) is 9.59 Å². The summed E-state index contributed by atoms with van der Waals surface area (Å²) >= 11 is 5.68. The molecule has 0 amide bonds. The first-order chi connectivity index (χ1) is 6.58. The molecule has 0 atom stereocenters. The van der Waals surface area contributed by atoms with Crippen LogP contribution in [0.2, 0.25) is 5.15 Å². The lowest BCUT2D eigenvalue weighted by Crippen LogP contribution is -2.23. The SMILES string of the molecule is Cc1cc(Cl)nc2[nH]c(=O)[nH]c(=O)c12. The van der Waals surface area contributed by atoms with Gasteiger partial charge in [-0.3, -0.25) is 14.8 Å². The summed E-state index contributed by atoms with van der Waals surface area (Å²) in [6.07, 6.45) is 0. The third-order valence-electron chi connectivity index (χ3n) is 1.87. The zero-order valence-electron chi connectivity index (χ0n) is 7.22. The van der Waals surface area contributed by atoms with Crippen molar-refractivity contribution < 1.29 is 0 Å². The van der Waals surface area contributed by atoms with Gasteiger partial charge < -0.3 is 0 Å². The number of hydrogen-bond acceptors (Lipinski definition) is 3. The first kappa shape index (κ1) is 8.96. The molecule has 2 aromatic heterocycles. The lowest BCUT2D eigenvalue weighted by atomic mass is 10.2. The van der Waals surface area contributed by atoms with E-state index in [0.717, 1.165) is 0 Å². The van der Waals surface area contributed by atoms with Crippen LogP contribution >= 0.6 is 11.6 Å². The van der Waals surface area contributed by atoms with Crippen LogP contribution in [0.5, 0.6) is 0 Å². The number of aryl methyl sites for hydroxylation is 1. The van der Waals surface area contributed by atoms with Gasteiger partial charge in [-0.1, -0.05) is 11.6 Å². The number of halogens is 1. The summed E-state index contributed by atoms with van der Waals surface area (Å²) in [4.78, 5) is 30.7. The molecular formula is C8H6ClN3O2. The van der Waals surface area contributed by atoms with Gasteiger partial charge >= 0.3 is 5.69 Å². The largest absolute Gasteiger partial charge is 0.327 e. The van der Waals surface area contributed by atoms with Crippen LogP contribution in [-0.2, 0) is 0 Å². The summed E-state index contributed by atoms with van der Waals surface area (Å²) in [6, 6.07) is 1.57. The fourth-order valence-electron chi connectivity index (χ4n) is 1.31. The van der Waals surface area contributed by atoms with Gasteiger partial charge in [0.25, 0.3) is 5.56 Å². The van der Waals surface area contributed by atoms with E-state index in [1.165, 1.54) is 0 Å². The monoisotopic (exact) mass is 211 g/mol. The molecule has 0 aliphatic carbocycles. The Morgan fingerprint density at radius 1 is 1.36 bits per heavy atom. The number of rotatable bonds is 0. The molecule has 2 rings (SSSR count). The number of nitrogens with zero attached hydrogens (tertiary/aromatic N) is 1. The number of aromatic amines is 2. The predicted molar refractivity (Wildman–Crippen MR) is 52.7 cm³/mol. The zero-order valence-corrected chi connectivity index (χ0v) is 7.97. The van der Waals surface area contributed by atoms with Gasteiger partial charge in [-0.15, -0.1) is 0 Å². The van der Waals surface area contributed by atoms with Crippen LogP contribution in [0.3, 0.4) is 0 Å². The van der Waals surface area contributed by atoms with Crippen molar-refractivity contribution in [2.24, 2.45) is 0 Å². The molecule has 0 saturated heterocycles. The van der Waals surface area contributed by atoms with Crippen molar-refractivity contribution in [2.75, 3.05) is 0 Å². The van der Waals surface area contributed by atoms with Crippen LogP contribution in [0, 0.1) is 6.92 Å². The van der Waals surface area contributed by atoms with E-state index in [1.54, 1.807) is 13.0 Å². The molecule has 0 spiro atoms. The van der Waals surface area contributed by atoms with Gasteiger partial charge in [0.2, 0.25) is 0 Å². The van der Waals surface area contributed by atoms with Crippen molar-refractivity contribution in [1.82, 2.24) is 15.0 Å². The van der Waals surface area contributed by atoms with E-state index in [0.29, 0.717) is 10.9 Å². The Balaban J connectivity index is 3.10. The summed E-state index contributed by atoms with van der Waals surface area (Å²) in [7, 11) is 0. The number of H-pyrrole nitrogens is 2. The van der Waals surface area contributed by atoms with Crippen LogP contribution < -0.4 is 11.2 Å². The normalized spacial score (nSPS) is 10.7. The molecule has 2 N–H and O–H groups in total. The number of aromatic nitrogens is 3.